The quantitative estimate of drug-likeness (QED) is 0.429. The van der Waals surface area contributed by atoms with Crippen molar-refractivity contribution in [1.29, 1.82) is 0 Å². The van der Waals surface area contributed by atoms with E-state index in [4.69, 9.17) is 0 Å². The van der Waals surface area contributed by atoms with Crippen molar-refractivity contribution in [2.75, 3.05) is 0 Å². The predicted octanol–water partition coefficient (Wildman–Crippen LogP) is 5.25. The molecule has 0 radical (unpaired) electrons. The maximum Gasteiger partial charge on any atom is 0.111 e. The zero-order valence-corrected chi connectivity index (χ0v) is 17.6. The van der Waals surface area contributed by atoms with E-state index in [1.54, 1.807) is 0 Å². The Bertz CT molecular complexity index is 695. The summed E-state index contributed by atoms with van der Waals surface area (Å²) < 4.78 is 0. The summed E-state index contributed by atoms with van der Waals surface area (Å²) in [5.41, 5.74) is 0. The van der Waals surface area contributed by atoms with Gasteiger partial charge in [0.15, 0.2) is 0 Å². The summed E-state index contributed by atoms with van der Waals surface area (Å²) in [6, 6.07) is 33.7. The molecule has 0 heterocycles. The van der Waals surface area contributed by atoms with E-state index in [2.05, 4.69) is 118 Å². The van der Waals surface area contributed by atoms with E-state index in [-0.39, 0.29) is 0 Å². The van der Waals surface area contributed by atoms with E-state index in [0.29, 0.717) is 5.28 Å². The van der Waals surface area contributed by atoms with E-state index >= 15 is 0 Å². The number of rotatable bonds is 5. The summed E-state index contributed by atoms with van der Waals surface area (Å²) in [7, 11) is -3.10. The Labute approximate surface area is 154 Å². The monoisotopic (exact) mass is 363 g/mol. The molecule has 0 aromatic heterocycles. The molecule has 3 aromatic carbocycles. The van der Waals surface area contributed by atoms with E-state index in [1.165, 1.54) is 15.9 Å². The highest BCUT2D eigenvalue weighted by molar-refractivity contribution is 7.97. The summed E-state index contributed by atoms with van der Waals surface area (Å²) in [4.78, 5) is 0. The molecule has 2 heteroatoms. The van der Waals surface area contributed by atoms with Crippen LogP contribution in [0.25, 0.3) is 0 Å². The Kier molecular flexibility index (Phi) is 5.27. The van der Waals surface area contributed by atoms with Crippen LogP contribution in [0.2, 0.25) is 19.6 Å². The van der Waals surface area contributed by atoms with Crippen LogP contribution in [0.1, 0.15) is 6.92 Å². The van der Waals surface area contributed by atoms with Crippen LogP contribution >= 0.6 is 7.26 Å². The molecular formula is C23H28PSi+. The lowest BCUT2D eigenvalue weighted by Gasteiger charge is -2.38. The minimum atomic E-state index is -1.70. The second-order valence-electron chi connectivity index (χ2n) is 7.77. The maximum atomic E-state index is 2.52. The van der Waals surface area contributed by atoms with Gasteiger partial charge in [-0.25, -0.2) is 0 Å². The first kappa shape index (κ1) is 18.1. The molecule has 0 saturated heterocycles. The maximum absolute atomic E-state index is 2.52. The van der Waals surface area contributed by atoms with E-state index in [9.17, 15) is 0 Å². The predicted molar refractivity (Wildman–Crippen MR) is 118 cm³/mol. The van der Waals surface area contributed by atoms with Crippen LogP contribution in [0.4, 0.5) is 0 Å². The van der Waals surface area contributed by atoms with Crippen molar-refractivity contribution in [3.8, 4) is 0 Å². The molecule has 0 spiro atoms. The number of benzene rings is 3. The van der Waals surface area contributed by atoms with Gasteiger partial charge in [0, 0.05) is 0 Å². The highest BCUT2D eigenvalue weighted by Gasteiger charge is 2.54. The van der Waals surface area contributed by atoms with Crippen LogP contribution in [-0.2, 0) is 0 Å². The lowest BCUT2D eigenvalue weighted by Crippen LogP contribution is -2.48. The molecule has 0 aliphatic heterocycles. The van der Waals surface area contributed by atoms with E-state index in [1.807, 2.05) is 0 Å². The van der Waals surface area contributed by atoms with Gasteiger partial charge in [0.2, 0.25) is 0 Å². The fourth-order valence-electron chi connectivity index (χ4n) is 3.69. The van der Waals surface area contributed by atoms with Crippen LogP contribution in [0.15, 0.2) is 91.0 Å². The second-order valence-corrected chi connectivity index (χ2v) is 17.6. The summed E-state index contributed by atoms with van der Waals surface area (Å²) in [6.45, 7) is 10.1. The minimum absolute atomic E-state index is 0.659. The van der Waals surface area contributed by atoms with Crippen molar-refractivity contribution in [1.82, 2.24) is 0 Å². The molecule has 0 amide bonds. The summed E-state index contributed by atoms with van der Waals surface area (Å²) >= 11 is 0. The van der Waals surface area contributed by atoms with Crippen molar-refractivity contribution >= 4 is 31.2 Å². The lowest BCUT2D eigenvalue weighted by molar-refractivity contribution is 1.26. The molecule has 0 fully saturated rings. The Hall–Kier alpha value is -1.69. The molecule has 0 nitrogen and oxygen atoms in total. The summed E-state index contributed by atoms with van der Waals surface area (Å²) in [5.74, 6) is 0. The van der Waals surface area contributed by atoms with Gasteiger partial charge in [-0.3, -0.25) is 0 Å². The largest absolute Gasteiger partial charge is 0.111 e. The van der Waals surface area contributed by atoms with Crippen molar-refractivity contribution in [2.45, 2.75) is 31.8 Å². The molecule has 0 aliphatic rings. The van der Waals surface area contributed by atoms with Gasteiger partial charge >= 0.3 is 0 Å². The normalized spacial score (nSPS) is 13.4. The minimum Gasteiger partial charge on any atom is -0.0660 e. The topological polar surface area (TPSA) is 0 Å². The van der Waals surface area contributed by atoms with E-state index in [0.717, 1.165) is 0 Å². The van der Waals surface area contributed by atoms with Crippen LogP contribution in [-0.4, -0.2) is 13.4 Å². The van der Waals surface area contributed by atoms with Gasteiger partial charge in [0.25, 0.3) is 0 Å². The van der Waals surface area contributed by atoms with Crippen molar-refractivity contribution < 1.29 is 0 Å². The van der Waals surface area contributed by atoms with Gasteiger partial charge in [0.05, 0.1) is 13.4 Å². The van der Waals surface area contributed by atoms with Gasteiger partial charge < -0.3 is 0 Å². The van der Waals surface area contributed by atoms with Gasteiger partial charge in [0.1, 0.15) is 23.2 Å². The van der Waals surface area contributed by atoms with Crippen molar-refractivity contribution in [2.24, 2.45) is 0 Å². The summed E-state index contributed by atoms with van der Waals surface area (Å²) in [5, 5.41) is 5.17. The molecule has 128 valence electrons. The zero-order valence-electron chi connectivity index (χ0n) is 15.7. The van der Waals surface area contributed by atoms with Crippen LogP contribution in [0, 0.1) is 0 Å². The molecule has 1 unspecified atom stereocenters. The van der Waals surface area contributed by atoms with Crippen LogP contribution in [0.3, 0.4) is 0 Å². The molecule has 0 N–H and O–H groups in total. The van der Waals surface area contributed by atoms with Crippen LogP contribution in [0.5, 0.6) is 0 Å². The third-order valence-corrected chi connectivity index (χ3v) is 15.8. The molecule has 3 rings (SSSR count). The number of hydrogen-bond donors (Lipinski definition) is 0. The smallest absolute Gasteiger partial charge is 0.0660 e. The fraction of sp³-hybridized carbons (Fsp3) is 0.217. The van der Waals surface area contributed by atoms with Crippen molar-refractivity contribution in [3.05, 3.63) is 91.0 Å². The lowest BCUT2D eigenvalue weighted by atomic mass is 10.4. The zero-order chi connectivity index (χ0) is 17.9. The van der Waals surface area contributed by atoms with Gasteiger partial charge in [-0.15, -0.1) is 0 Å². The van der Waals surface area contributed by atoms with Crippen molar-refractivity contribution in [3.63, 3.8) is 0 Å². The molecular weight excluding hydrogens is 335 g/mol. The molecule has 0 aliphatic carbocycles. The van der Waals surface area contributed by atoms with Crippen LogP contribution < -0.4 is 15.9 Å². The molecule has 0 bridgehead atoms. The SMILES string of the molecule is CC([Si](C)(C)C)[P+](c1ccccc1)(c1ccccc1)c1ccccc1. The average Bonchev–Trinajstić information content (AvgIpc) is 2.64. The number of hydrogen-bond acceptors (Lipinski definition) is 0. The van der Waals surface area contributed by atoms with E-state index < -0.39 is 15.3 Å². The first-order valence-electron chi connectivity index (χ1n) is 9.03. The highest BCUT2D eigenvalue weighted by atomic mass is 31.2. The molecule has 3 aromatic rings. The first-order valence-corrected chi connectivity index (χ1v) is 14.5. The fourth-order valence-corrected chi connectivity index (χ4v) is 13.8. The Morgan fingerprint density at radius 3 is 1.08 bits per heavy atom. The summed E-state index contributed by atoms with van der Waals surface area (Å²) in [6.07, 6.45) is 0. The average molecular weight is 364 g/mol. The third kappa shape index (κ3) is 3.36. The molecule has 25 heavy (non-hydrogen) atoms. The Morgan fingerprint density at radius 1 is 0.560 bits per heavy atom. The van der Waals surface area contributed by atoms with Gasteiger partial charge in [-0.2, -0.15) is 0 Å². The Morgan fingerprint density at radius 2 is 0.840 bits per heavy atom. The standard InChI is InChI=1S/C23H28PSi/c1-20(25(2,3)4)24(21-14-8-5-9-15-21,22-16-10-6-11-17-22)23-18-12-7-13-19-23/h5-20H,1-4H3/q+1. The molecule has 0 saturated carbocycles. The van der Waals surface area contributed by atoms with Gasteiger partial charge in [-0.05, 0) is 43.3 Å². The first-order chi connectivity index (χ1) is 12.0. The molecule has 1 atom stereocenters. The highest BCUT2D eigenvalue weighted by Crippen LogP contribution is 2.61. The Balaban J connectivity index is 2.40. The second kappa shape index (κ2) is 7.28. The third-order valence-electron chi connectivity index (χ3n) is 5.32. The van der Waals surface area contributed by atoms with Gasteiger partial charge in [-0.1, -0.05) is 74.2 Å².